The van der Waals surface area contributed by atoms with Crippen molar-refractivity contribution in [1.29, 1.82) is 0 Å². The zero-order valence-corrected chi connectivity index (χ0v) is 10.0. The molecule has 0 aromatic carbocycles. The van der Waals surface area contributed by atoms with E-state index in [-0.39, 0.29) is 24.4 Å². The van der Waals surface area contributed by atoms with E-state index in [0.29, 0.717) is 18.2 Å². The molecular formula is C10H17ClN4O. The van der Waals surface area contributed by atoms with Crippen molar-refractivity contribution in [3.05, 3.63) is 17.5 Å². The fourth-order valence-electron chi connectivity index (χ4n) is 1.53. The lowest BCUT2D eigenvalue weighted by atomic mass is 10.2. The van der Waals surface area contributed by atoms with Crippen molar-refractivity contribution in [2.45, 2.75) is 25.8 Å². The average molecular weight is 245 g/mol. The topological polar surface area (TPSA) is 83.8 Å². The Kier molecular flexibility index (Phi) is 4.32. The Hall–Kier alpha value is -1.07. The number of nitrogens with two attached hydrogens (primary N) is 1. The maximum Gasteiger partial charge on any atom is 0.271 e. The molecule has 1 aliphatic rings. The van der Waals surface area contributed by atoms with Crippen LogP contribution in [0.4, 0.5) is 0 Å². The minimum absolute atomic E-state index is 0. The number of H-pyrrole nitrogens is 1. The van der Waals surface area contributed by atoms with Gasteiger partial charge < -0.3 is 11.1 Å². The lowest BCUT2D eigenvalue weighted by Crippen LogP contribution is -2.38. The van der Waals surface area contributed by atoms with Gasteiger partial charge in [-0.1, -0.05) is 0 Å². The van der Waals surface area contributed by atoms with E-state index in [1.54, 1.807) is 6.07 Å². The molecule has 1 amide bonds. The molecule has 2 rings (SSSR count). The fourth-order valence-corrected chi connectivity index (χ4v) is 1.53. The molecule has 1 atom stereocenters. The van der Waals surface area contributed by atoms with Gasteiger partial charge in [-0.3, -0.25) is 9.89 Å². The molecule has 90 valence electrons. The minimum Gasteiger partial charge on any atom is -0.349 e. The molecule has 0 saturated heterocycles. The molecule has 5 nitrogen and oxygen atoms in total. The normalized spacial score (nSPS) is 16.4. The number of aryl methyl sites for hydroxylation is 1. The smallest absolute Gasteiger partial charge is 0.271 e. The summed E-state index contributed by atoms with van der Waals surface area (Å²) in [6, 6.07) is 1.81. The molecule has 16 heavy (non-hydrogen) atoms. The summed E-state index contributed by atoms with van der Waals surface area (Å²) in [5, 5.41) is 9.39. The first-order valence-electron chi connectivity index (χ1n) is 5.22. The van der Waals surface area contributed by atoms with Crippen molar-refractivity contribution >= 4 is 18.3 Å². The highest BCUT2D eigenvalue weighted by Crippen LogP contribution is 2.31. The van der Waals surface area contributed by atoms with Crippen LogP contribution in [0.25, 0.3) is 0 Å². The quantitative estimate of drug-likeness (QED) is 0.726. The van der Waals surface area contributed by atoms with Gasteiger partial charge in [-0.2, -0.15) is 5.10 Å². The van der Waals surface area contributed by atoms with Crippen LogP contribution >= 0.6 is 12.4 Å². The number of aromatic amines is 1. The molecule has 4 N–H and O–H groups in total. The maximum atomic E-state index is 11.6. The van der Waals surface area contributed by atoms with Crippen LogP contribution < -0.4 is 11.1 Å². The number of hydrogen-bond donors (Lipinski definition) is 3. The van der Waals surface area contributed by atoms with Crippen LogP contribution in [0, 0.1) is 12.8 Å². The van der Waals surface area contributed by atoms with Crippen LogP contribution in [0.1, 0.15) is 29.0 Å². The van der Waals surface area contributed by atoms with Crippen LogP contribution in [0.3, 0.4) is 0 Å². The molecule has 1 aromatic heterocycles. The number of nitrogens with one attached hydrogen (secondary N) is 2. The molecule has 0 spiro atoms. The number of aromatic nitrogens is 2. The van der Waals surface area contributed by atoms with Crippen molar-refractivity contribution < 1.29 is 4.79 Å². The van der Waals surface area contributed by atoms with Gasteiger partial charge in [-0.25, -0.2) is 0 Å². The van der Waals surface area contributed by atoms with Crippen molar-refractivity contribution in [3.8, 4) is 0 Å². The molecule has 1 aliphatic carbocycles. The number of rotatable bonds is 4. The Morgan fingerprint density at radius 1 is 1.75 bits per heavy atom. The highest BCUT2D eigenvalue weighted by molar-refractivity contribution is 5.92. The summed E-state index contributed by atoms with van der Waals surface area (Å²) in [5.74, 6) is 0.446. The molecule has 1 aromatic rings. The van der Waals surface area contributed by atoms with Gasteiger partial charge in [0, 0.05) is 18.3 Å². The highest BCUT2D eigenvalue weighted by atomic mass is 35.5. The number of amides is 1. The van der Waals surface area contributed by atoms with Gasteiger partial charge in [-0.15, -0.1) is 12.4 Å². The van der Waals surface area contributed by atoms with Gasteiger partial charge in [0.05, 0.1) is 0 Å². The van der Waals surface area contributed by atoms with Crippen molar-refractivity contribution in [1.82, 2.24) is 15.5 Å². The van der Waals surface area contributed by atoms with Gasteiger partial charge in [0.15, 0.2) is 0 Å². The fraction of sp³-hybridized carbons (Fsp3) is 0.600. The van der Waals surface area contributed by atoms with E-state index in [0.717, 1.165) is 5.69 Å². The molecular weight excluding hydrogens is 228 g/mol. The Labute approximate surface area is 101 Å². The lowest BCUT2D eigenvalue weighted by Gasteiger charge is -2.10. The maximum absolute atomic E-state index is 11.6. The van der Waals surface area contributed by atoms with Crippen LogP contribution in [0.15, 0.2) is 6.07 Å². The summed E-state index contributed by atoms with van der Waals surface area (Å²) in [7, 11) is 0. The van der Waals surface area contributed by atoms with E-state index in [1.807, 2.05) is 6.92 Å². The number of carbonyl (C=O) groups is 1. The Morgan fingerprint density at radius 3 is 2.94 bits per heavy atom. The van der Waals surface area contributed by atoms with E-state index < -0.39 is 0 Å². The third kappa shape index (κ3) is 3.21. The predicted molar refractivity (Wildman–Crippen MR) is 63.6 cm³/mol. The lowest BCUT2D eigenvalue weighted by molar-refractivity contribution is 0.0945. The summed E-state index contributed by atoms with van der Waals surface area (Å²) in [6.07, 6.45) is 2.39. The van der Waals surface area contributed by atoms with E-state index >= 15 is 0 Å². The first kappa shape index (κ1) is 13.0. The van der Waals surface area contributed by atoms with Gasteiger partial charge >= 0.3 is 0 Å². The Bertz CT molecular complexity index is 361. The highest BCUT2D eigenvalue weighted by Gasteiger charge is 2.28. The summed E-state index contributed by atoms with van der Waals surface area (Å²) >= 11 is 0. The van der Waals surface area contributed by atoms with Crippen LogP contribution in [-0.2, 0) is 0 Å². The molecule has 0 bridgehead atoms. The number of hydrogen-bond acceptors (Lipinski definition) is 3. The SMILES string of the molecule is Cc1cc(C(=O)NCC(N)C2CC2)n[nH]1.Cl. The Morgan fingerprint density at radius 2 is 2.44 bits per heavy atom. The zero-order valence-electron chi connectivity index (χ0n) is 9.19. The van der Waals surface area contributed by atoms with Crippen molar-refractivity contribution in [3.63, 3.8) is 0 Å². The molecule has 0 aliphatic heterocycles. The summed E-state index contributed by atoms with van der Waals surface area (Å²) < 4.78 is 0. The molecule has 1 heterocycles. The van der Waals surface area contributed by atoms with E-state index in [4.69, 9.17) is 5.73 Å². The molecule has 1 saturated carbocycles. The van der Waals surface area contributed by atoms with Gasteiger partial charge in [0.25, 0.3) is 5.91 Å². The summed E-state index contributed by atoms with van der Waals surface area (Å²) in [4.78, 5) is 11.6. The third-order valence-corrected chi connectivity index (χ3v) is 2.66. The van der Waals surface area contributed by atoms with Crippen molar-refractivity contribution in [2.24, 2.45) is 11.7 Å². The van der Waals surface area contributed by atoms with Gasteiger partial charge in [0.1, 0.15) is 5.69 Å². The predicted octanol–water partition coefficient (Wildman–Crippen LogP) is 0.607. The number of halogens is 1. The summed E-state index contributed by atoms with van der Waals surface area (Å²) in [5.41, 5.74) is 7.18. The first-order chi connectivity index (χ1) is 7.16. The second-order valence-corrected chi connectivity index (χ2v) is 4.15. The van der Waals surface area contributed by atoms with Crippen LogP contribution in [0.2, 0.25) is 0 Å². The van der Waals surface area contributed by atoms with Gasteiger partial charge in [0.2, 0.25) is 0 Å². The van der Waals surface area contributed by atoms with E-state index in [2.05, 4.69) is 15.5 Å². The van der Waals surface area contributed by atoms with Crippen LogP contribution in [0.5, 0.6) is 0 Å². The average Bonchev–Trinajstić information content (AvgIpc) is 2.97. The number of carbonyl (C=O) groups excluding carboxylic acids is 1. The molecule has 1 fully saturated rings. The largest absolute Gasteiger partial charge is 0.349 e. The molecule has 1 unspecified atom stereocenters. The Balaban J connectivity index is 0.00000128. The molecule has 0 radical (unpaired) electrons. The minimum atomic E-state index is -0.157. The first-order valence-corrected chi connectivity index (χ1v) is 5.22. The number of nitrogens with zero attached hydrogens (tertiary/aromatic N) is 1. The van der Waals surface area contributed by atoms with Gasteiger partial charge in [-0.05, 0) is 31.7 Å². The monoisotopic (exact) mass is 244 g/mol. The summed E-state index contributed by atoms with van der Waals surface area (Å²) in [6.45, 7) is 2.40. The zero-order chi connectivity index (χ0) is 10.8. The van der Waals surface area contributed by atoms with Crippen molar-refractivity contribution in [2.75, 3.05) is 6.54 Å². The van der Waals surface area contributed by atoms with Crippen LogP contribution in [-0.4, -0.2) is 28.7 Å². The standard InChI is InChI=1S/C10H16N4O.ClH/c1-6-4-9(14-13-6)10(15)12-5-8(11)7-2-3-7;/h4,7-8H,2-3,5,11H2,1H3,(H,12,15)(H,13,14);1H. The van der Waals surface area contributed by atoms with E-state index in [1.165, 1.54) is 12.8 Å². The van der Waals surface area contributed by atoms with E-state index in [9.17, 15) is 4.79 Å². The molecule has 6 heteroatoms. The second-order valence-electron chi connectivity index (χ2n) is 4.15. The third-order valence-electron chi connectivity index (χ3n) is 2.66. The second kappa shape index (κ2) is 5.32.